The van der Waals surface area contributed by atoms with Crippen LogP contribution in [0, 0.1) is 5.41 Å². The normalized spacial score (nSPS) is 27.5. The number of nitrogens with one attached hydrogen (secondary N) is 1. The molecule has 0 aromatic heterocycles. The van der Waals surface area contributed by atoms with Crippen molar-refractivity contribution in [2.24, 2.45) is 5.41 Å². The van der Waals surface area contributed by atoms with Crippen LogP contribution in [-0.4, -0.2) is 19.3 Å². The Bertz CT molecular complexity index is 395. The van der Waals surface area contributed by atoms with E-state index in [2.05, 4.69) is 43.4 Å². The lowest BCUT2D eigenvalue weighted by Gasteiger charge is -2.36. The predicted octanol–water partition coefficient (Wildman–Crippen LogP) is 2.30. The highest BCUT2D eigenvalue weighted by molar-refractivity contribution is 5.37. The molecule has 0 saturated carbocycles. The van der Waals surface area contributed by atoms with E-state index in [1.807, 2.05) is 0 Å². The molecule has 1 N–H and O–H groups in total. The average molecular weight is 217 g/mol. The van der Waals surface area contributed by atoms with E-state index >= 15 is 0 Å². The van der Waals surface area contributed by atoms with Crippen molar-refractivity contribution >= 4 is 0 Å². The number of fused-ring (bicyclic) bond motifs is 1. The van der Waals surface area contributed by atoms with Crippen LogP contribution < -0.4 is 5.32 Å². The Morgan fingerprint density at radius 3 is 2.69 bits per heavy atom. The maximum absolute atomic E-state index is 5.24. The van der Waals surface area contributed by atoms with Crippen LogP contribution in [-0.2, 0) is 11.2 Å². The SMILES string of the molecule is CC1(C)Cc2ccccc2C1NC1COC1. The lowest BCUT2D eigenvalue weighted by molar-refractivity contribution is -0.0163. The Balaban J connectivity index is 1.88. The van der Waals surface area contributed by atoms with Gasteiger partial charge in [0.25, 0.3) is 0 Å². The minimum Gasteiger partial charge on any atom is -0.378 e. The second kappa shape index (κ2) is 3.57. The molecule has 0 spiro atoms. The van der Waals surface area contributed by atoms with E-state index in [1.165, 1.54) is 17.5 Å². The molecule has 1 unspecified atom stereocenters. The topological polar surface area (TPSA) is 21.3 Å². The fourth-order valence-electron chi connectivity index (χ4n) is 2.87. The van der Waals surface area contributed by atoms with Crippen LogP contribution in [0.2, 0.25) is 0 Å². The zero-order chi connectivity index (χ0) is 11.2. The van der Waals surface area contributed by atoms with Gasteiger partial charge in [0.2, 0.25) is 0 Å². The van der Waals surface area contributed by atoms with Crippen molar-refractivity contribution in [1.82, 2.24) is 5.32 Å². The summed E-state index contributed by atoms with van der Waals surface area (Å²) >= 11 is 0. The van der Waals surface area contributed by atoms with Gasteiger partial charge in [-0.3, -0.25) is 0 Å². The van der Waals surface area contributed by atoms with E-state index in [-0.39, 0.29) is 0 Å². The lowest BCUT2D eigenvalue weighted by Crippen LogP contribution is -2.49. The van der Waals surface area contributed by atoms with Gasteiger partial charge in [0.15, 0.2) is 0 Å². The summed E-state index contributed by atoms with van der Waals surface area (Å²) in [6, 6.07) is 9.85. The quantitative estimate of drug-likeness (QED) is 0.820. The predicted molar refractivity (Wildman–Crippen MR) is 64.4 cm³/mol. The van der Waals surface area contributed by atoms with E-state index in [4.69, 9.17) is 4.74 Å². The summed E-state index contributed by atoms with van der Waals surface area (Å²) in [7, 11) is 0. The van der Waals surface area contributed by atoms with Gasteiger partial charge in [-0.2, -0.15) is 0 Å². The van der Waals surface area contributed by atoms with Gasteiger partial charge in [-0.25, -0.2) is 0 Å². The Labute approximate surface area is 97.0 Å². The van der Waals surface area contributed by atoms with Crippen molar-refractivity contribution < 1.29 is 4.74 Å². The molecule has 1 aliphatic carbocycles. The maximum atomic E-state index is 5.24. The molecule has 1 aliphatic heterocycles. The smallest absolute Gasteiger partial charge is 0.0643 e. The molecule has 1 aromatic rings. The first-order valence-electron chi connectivity index (χ1n) is 6.08. The molecule has 86 valence electrons. The fourth-order valence-corrected chi connectivity index (χ4v) is 2.87. The van der Waals surface area contributed by atoms with Crippen LogP contribution in [0.25, 0.3) is 0 Å². The molecule has 1 fully saturated rings. The third kappa shape index (κ3) is 1.57. The minimum atomic E-state index is 0.319. The summed E-state index contributed by atoms with van der Waals surface area (Å²) in [6.45, 7) is 6.44. The third-order valence-electron chi connectivity index (χ3n) is 3.83. The number of hydrogen-bond acceptors (Lipinski definition) is 2. The van der Waals surface area contributed by atoms with E-state index in [9.17, 15) is 0 Å². The number of ether oxygens (including phenoxy) is 1. The van der Waals surface area contributed by atoms with Gasteiger partial charge in [-0.15, -0.1) is 0 Å². The third-order valence-corrected chi connectivity index (χ3v) is 3.83. The van der Waals surface area contributed by atoms with Crippen LogP contribution in [0.15, 0.2) is 24.3 Å². The highest BCUT2D eigenvalue weighted by atomic mass is 16.5. The summed E-state index contributed by atoms with van der Waals surface area (Å²) in [6.07, 6.45) is 1.18. The Kier molecular flexibility index (Phi) is 2.30. The van der Waals surface area contributed by atoms with Crippen molar-refractivity contribution in [2.45, 2.75) is 32.4 Å². The summed E-state index contributed by atoms with van der Waals surface area (Å²) < 4.78 is 5.24. The molecule has 0 amide bonds. The molecule has 2 heteroatoms. The van der Waals surface area contributed by atoms with Gasteiger partial charge < -0.3 is 10.1 Å². The van der Waals surface area contributed by atoms with Crippen LogP contribution in [0.5, 0.6) is 0 Å². The molecular weight excluding hydrogens is 198 g/mol. The van der Waals surface area contributed by atoms with Crippen molar-refractivity contribution in [3.8, 4) is 0 Å². The van der Waals surface area contributed by atoms with E-state index < -0.39 is 0 Å². The van der Waals surface area contributed by atoms with Gasteiger partial charge in [0.1, 0.15) is 0 Å². The molecule has 16 heavy (non-hydrogen) atoms. The molecule has 3 rings (SSSR count). The molecule has 2 aliphatic rings. The first-order valence-corrected chi connectivity index (χ1v) is 6.08. The first-order chi connectivity index (χ1) is 7.67. The molecule has 1 saturated heterocycles. The summed E-state index contributed by atoms with van der Waals surface area (Å²) in [5.74, 6) is 0. The number of rotatable bonds is 2. The Hall–Kier alpha value is -0.860. The van der Waals surface area contributed by atoms with Crippen molar-refractivity contribution in [2.75, 3.05) is 13.2 Å². The monoisotopic (exact) mass is 217 g/mol. The molecule has 1 aromatic carbocycles. The molecule has 0 radical (unpaired) electrons. The molecular formula is C14H19NO. The second-order valence-electron chi connectivity index (χ2n) is 5.70. The van der Waals surface area contributed by atoms with Crippen molar-refractivity contribution in [3.63, 3.8) is 0 Å². The zero-order valence-corrected chi connectivity index (χ0v) is 9.99. The van der Waals surface area contributed by atoms with Gasteiger partial charge in [-0.1, -0.05) is 38.1 Å². The standard InChI is InChI=1S/C14H19NO/c1-14(2)7-10-5-3-4-6-12(10)13(14)15-11-8-16-9-11/h3-6,11,13,15H,7-9H2,1-2H3. The van der Waals surface area contributed by atoms with Crippen LogP contribution >= 0.6 is 0 Å². The zero-order valence-electron chi connectivity index (χ0n) is 9.99. The van der Waals surface area contributed by atoms with Gasteiger partial charge in [0, 0.05) is 6.04 Å². The van der Waals surface area contributed by atoms with Crippen LogP contribution in [0.1, 0.15) is 31.0 Å². The second-order valence-corrected chi connectivity index (χ2v) is 5.70. The molecule has 2 nitrogen and oxygen atoms in total. The fraction of sp³-hybridized carbons (Fsp3) is 0.571. The largest absolute Gasteiger partial charge is 0.378 e. The number of hydrogen-bond donors (Lipinski definition) is 1. The highest BCUT2D eigenvalue weighted by Crippen LogP contribution is 2.45. The van der Waals surface area contributed by atoms with E-state index in [0.717, 1.165) is 13.2 Å². The summed E-state index contributed by atoms with van der Waals surface area (Å²) in [5, 5.41) is 3.74. The highest BCUT2D eigenvalue weighted by Gasteiger charge is 2.40. The van der Waals surface area contributed by atoms with E-state index in [0.29, 0.717) is 17.5 Å². The molecule has 1 heterocycles. The lowest BCUT2D eigenvalue weighted by atomic mass is 9.85. The molecule has 0 bridgehead atoms. The summed E-state index contributed by atoms with van der Waals surface area (Å²) in [4.78, 5) is 0. The number of benzene rings is 1. The van der Waals surface area contributed by atoms with Crippen molar-refractivity contribution in [3.05, 3.63) is 35.4 Å². The minimum absolute atomic E-state index is 0.319. The van der Waals surface area contributed by atoms with Crippen molar-refractivity contribution in [1.29, 1.82) is 0 Å². The Morgan fingerprint density at radius 1 is 1.25 bits per heavy atom. The maximum Gasteiger partial charge on any atom is 0.0643 e. The van der Waals surface area contributed by atoms with Crippen LogP contribution in [0.3, 0.4) is 0 Å². The Morgan fingerprint density at radius 2 is 2.00 bits per heavy atom. The molecule has 1 atom stereocenters. The summed E-state index contributed by atoms with van der Waals surface area (Å²) in [5.41, 5.74) is 3.31. The van der Waals surface area contributed by atoms with Gasteiger partial charge in [-0.05, 0) is 23.0 Å². The van der Waals surface area contributed by atoms with Gasteiger partial charge in [0.05, 0.1) is 19.3 Å². The van der Waals surface area contributed by atoms with E-state index in [1.54, 1.807) is 0 Å². The van der Waals surface area contributed by atoms with Gasteiger partial charge >= 0.3 is 0 Å². The first kappa shape index (κ1) is 10.3. The van der Waals surface area contributed by atoms with Crippen LogP contribution in [0.4, 0.5) is 0 Å². The average Bonchev–Trinajstić information content (AvgIpc) is 2.42.